The number of rotatable bonds is 7. The van der Waals surface area contributed by atoms with Gasteiger partial charge in [0.15, 0.2) is 5.69 Å². The summed E-state index contributed by atoms with van der Waals surface area (Å²) in [5.41, 5.74) is 0.381. The fourth-order valence-corrected chi connectivity index (χ4v) is 4.71. The molecule has 1 N–H and O–H groups in total. The van der Waals surface area contributed by atoms with Crippen LogP contribution in [0, 0.1) is 6.92 Å². The van der Waals surface area contributed by atoms with Gasteiger partial charge in [-0.3, -0.25) is 9.78 Å². The first-order chi connectivity index (χ1) is 17.1. The maximum absolute atomic E-state index is 14.4. The van der Waals surface area contributed by atoms with Crippen LogP contribution in [0.1, 0.15) is 45.7 Å². The zero-order valence-corrected chi connectivity index (χ0v) is 20.4. The van der Waals surface area contributed by atoms with Crippen molar-refractivity contribution < 1.29 is 27.1 Å². The molecule has 1 aliphatic heterocycles. The minimum absolute atomic E-state index is 0.103. The van der Waals surface area contributed by atoms with E-state index in [0.29, 0.717) is 41.0 Å². The van der Waals surface area contributed by atoms with Crippen LogP contribution < -0.4 is 10.1 Å². The van der Waals surface area contributed by atoms with E-state index in [1.165, 1.54) is 6.20 Å². The van der Waals surface area contributed by atoms with Gasteiger partial charge < -0.3 is 15.0 Å². The summed E-state index contributed by atoms with van der Waals surface area (Å²) in [6, 6.07) is 3.16. The molecular weight excluding hydrogens is 500 g/mol. The number of aryl methyl sites for hydroxylation is 1. The standard InChI is InChI=1S/C23H24F4N6O2S/c1-3-33-7-6-17(16(24)12-33)35-20-5-4-14(9-30-20)31-22(34)21-13(2)32-36-18(21)8-15-10-29-19(11-28-15)23(25,26)27/h4-5,9-11,16-17H,3,6-8,12H2,1-2H3,(H,31,34)/t16-,17-/m0/s1. The van der Waals surface area contributed by atoms with Crippen molar-refractivity contribution in [2.45, 2.75) is 45.1 Å². The number of hydrogen-bond acceptors (Lipinski definition) is 8. The highest BCUT2D eigenvalue weighted by molar-refractivity contribution is 7.06. The van der Waals surface area contributed by atoms with Crippen LogP contribution in [0.5, 0.6) is 5.88 Å². The largest absolute Gasteiger partial charge is 0.471 e. The van der Waals surface area contributed by atoms with Crippen molar-refractivity contribution in [2.75, 3.05) is 25.0 Å². The summed E-state index contributed by atoms with van der Waals surface area (Å²) in [7, 11) is 0. The van der Waals surface area contributed by atoms with Crippen molar-refractivity contribution >= 4 is 23.1 Å². The number of pyridine rings is 1. The van der Waals surface area contributed by atoms with E-state index in [1.807, 2.05) is 11.8 Å². The van der Waals surface area contributed by atoms with E-state index in [4.69, 9.17) is 4.74 Å². The first kappa shape index (κ1) is 25.9. The molecular formula is C23H24F4N6O2S. The van der Waals surface area contributed by atoms with Gasteiger partial charge in [0.05, 0.1) is 35.0 Å². The molecule has 0 aliphatic carbocycles. The molecule has 13 heteroatoms. The van der Waals surface area contributed by atoms with E-state index in [0.717, 1.165) is 30.8 Å². The van der Waals surface area contributed by atoms with Crippen LogP contribution in [-0.4, -0.2) is 62.0 Å². The van der Waals surface area contributed by atoms with Crippen molar-refractivity contribution in [2.24, 2.45) is 0 Å². The van der Waals surface area contributed by atoms with Crippen molar-refractivity contribution in [3.63, 3.8) is 0 Å². The van der Waals surface area contributed by atoms with Gasteiger partial charge in [0.1, 0.15) is 12.3 Å². The lowest BCUT2D eigenvalue weighted by Crippen LogP contribution is -2.46. The smallest absolute Gasteiger partial charge is 0.434 e. The quantitative estimate of drug-likeness (QED) is 0.461. The Hall–Kier alpha value is -3.19. The number of nitrogens with zero attached hydrogens (tertiary/aromatic N) is 5. The highest BCUT2D eigenvalue weighted by Gasteiger charge is 2.33. The van der Waals surface area contributed by atoms with Gasteiger partial charge in [0.2, 0.25) is 5.88 Å². The minimum Gasteiger partial charge on any atom is -0.471 e. The van der Waals surface area contributed by atoms with Crippen LogP contribution in [0.4, 0.5) is 23.2 Å². The fourth-order valence-electron chi connectivity index (χ4n) is 3.82. The molecule has 8 nitrogen and oxygen atoms in total. The number of carbonyl (C=O) groups excluding carboxylic acids is 1. The summed E-state index contributed by atoms with van der Waals surface area (Å²) in [4.78, 5) is 26.9. The number of hydrogen-bond donors (Lipinski definition) is 1. The number of piperidine rings is 1. The summed E-state index contributed by atoms with van der Waals surface area (Å²) in [5.74, 6) is -0.178. The van der Waals surface area contributed by atoms with Crippen LogP contribution in [0.2, 0.25) is 0 Å². The van der Waals surface area contributed by atoms with Gasteiger partial charge in [-0.1, -0.05) is 6.92 Å². The zero-order valence-electron chi connectivity index (χ0n) is 19.5. The number of anilines is 1. The summed E-state index contributed by atoms with van der Waals surface area (Å²) >= 11 is 1.07. The normalized spacial score (nSPS) is 18.7. The second-order valence-corrected chi connectivity index (χ2v) is 9.19. The first-order valence-electron chi connectivity index (χ1n) is 11.3. The highest BCUT2D eigenvalue weighted by Crippen LogP contribution is 2.28. The number of aromatic nitrogens is 4. The number of nitrogens with one attached hydrogen (secondary N) is 1. The van der Waals surface area contributed by atoms with Gasteiger partial charge in [0, 0.05) is 36.7 Å². The van der Waals surface area contributed by atoms with Crippen LogP contribution in [0.15, 0.2) is 30.7 Å². The minimum atomic E-state index is -4.58. The van der Waals surface area contributed by atoms with Gasteiger partial charge in [-0.25, -0.2) is 14.4 Å². The number of carbonyl (C=O) groups is 1. The Morgan fingerprint density at radius 1 is 1.22 bits per heavy atom. The molecule has 2 atom stereocenters. The lowest BCUT2D eigenvalue weighted by molar-refractivity contribution is -0.141. The predicted octanol–water partition coefficient (Wildman–Crippen LogP) is 4.31. The third kappa shape index (κ3) is 6.13. The molecule has 1 amide bonds. The molecule has 0 radical (unpaired) electrons. The number of halogens is 4. The van der Waals surface area contributed by atoms with Crippen LogP contribution in [0.3, 0.4) is 0 Å². The van der Waals surface area contributed by atoms with Crippen LogP contribution in [0.25, 0.3) is 0 Å². The maximum atomic E-state index is 14.4. The second kappa shape index (κ2) is 10.8. The Bertz CT molecular complexity index is 1190. The van der Waals surface area contributed by atoms with Gasteiger partial charge in [-0.2, -0.15) is 17.5 Å². The molecule has 3 aromatic rings. The maximum Gasteiger partial charge on any atom is 0.434 e. The molecule has 4 rings (SSSR count). The van der Waals surface area contributed by atoms with Gasteiger partial charge in [-0.15, -0.1) is 0 Å². The summed E-state index contributed by atoms with van der Waals surface area (Å²) < 4.78 is 62.4. The first-order valence-corrected chi connectivity index (χ1v) is 12.0. The average molecular weight is 525 g/mol. The van der Waals surface area contributed by atoms with E-state index >= 15 is 0 Å². The highest BCUT2D eigenvalue weighted by atomic mass is 32.1. The molecule has 0 aromatic carbocycles. The molecule has 1 aliphatic rings. The van der Waals surface area contributed by atoms with E-state index in [9.17, 15) is 22.4 Å². The summed E-state index contributed by atoms with van der Waals surface area (Å²) in [6.45, 7) is 5.52. The molecule has 0 bridgehead atoms. The Balaban J connectivity index is 1.39. The summed E-state index contributed by atoms with van der Waals surface area (Å²) in [5, 5.41) is 2.74. The van der Waals surface area contributed by atoms with E-state index in [-0.39, 0.29) is 18.0 Å². The van der Waals surface area contributed by atoms with Crippen LogP contribution in [-0.2, 0) is 12.6 Å². The average Bonchev–Trinajstić information content (AvgIpc) is 3.21. The molecule has 4 heterocycles. The zero-order chi connectivity index (χ0) is 25.9. The van der Waals surface area contributed by atoms with Crippen molar-refractivity contribution in [1.29, 1.82) is 0 Å². The third-order valence-corrected chi connectivity index (χ3v) is 6.71. The fraction of sp³-hybridized carbons (Fsp3) is 0.435. The molecule has 0 saturated carbocycles. The predicted molar refractivity (Wildman–Crippen MR) is 125 cm³/mol. The number of amides is 1. The van der Waals surface area contributed by atoms with Crippen molar-refractivity contribution in [3.05, 3.63) is 58.2 Å². The Labute approximate surface area is 208 Å². The molecule has 0 spiro atoms. The lowest BCUT2D eigenvalue weighted by Gasteiger charge is -2.33. The Morgan fingerprint density at radius 3 is 2.64 bits per heavy atom. The molecule has 36 heavy (non-hydrogen) atoms. The van der Waals surface area contributed by atoms with Crippen molar-refractivity contribution in [3.8, 4) is 5.88 Å². The topological polar surface area (TPSA) is 93.1 Å². The Morgan fingerprint density at radius 2 is 2.03 bits per heavy atom. The monoisotopic (exact) mass is 524 g/mol. The molecule has 1 fully saturated rings. The number of ether oxygens (including phenoxy) is 1. The third-order valence-electron chi connectivity index (χ3n) is 5.78. The number of likely N-dealkylation sites (tertiary alicyclic amines) is 1. The number of alkyl halides is 4. The molecule has 1 saturated heterocycles. The van der Waals surface area contributed by atoms with Gasteiger partial charge >= 0.3 is 6.18 Å². The molecule has 3 aromatic heterocycles. The summed E-state index contributed by atoms with van der Waals surface area (Å²) in [6.07, 6.45) is -2.48. The van der Waals surface area contributed by atoms with Gasteiger partial charge in [0.25, 0.3) is 5.91 Å². The lowest BCUT2D eigenvalue weighted by atomic mass is 10.1. The molecule has 192 valence electrons. The van der Waals surface area contributed by atoms with E-state index in [2.05, 4.69) is 24.6 Å². The van der Waals surface area contributed by atoms with Gasteiger partial charge in [-0.05, 0) is 37.5 Å². The molecule has 0 unspecified atom stereocenters. The second-order valence-electron chi connectivity index (χ2n) is 8.33. The van der Waals surface area contributed by atoms with E-state index in [1.54, 1.807) is 19.1 Å². The SMILES string of the molecule is CCN1CC[C@H](Oc2ccc(NC(=O)c3c(C)nsc3Cc3cnc(C(F)(F)F)cn3)cn2)[C@@H](F)C1. The van der Waals surface area contributed by atoms with Crippen molar-refractivity contribution in [1.82, 2.24) is 24.2 Å². The van der Waals surface area contributed by atoms with Crippen LogP contribution >= 0.6 is 11.5 Å². The van der Waals surface area contributed by atoms with E-state index < -0.39 is 30.1 Å². The Kier molecular flexibility index (Phi) is 7.79.